The second kappa shape index (κ2) is 20.5. The van der Waals surface area contributed by atoms with Crippen molar-refractivity contribution in [1.82, 2.24) is 0 Å². The fourth-order valence-electron chi connectivity index (χ4n) is 1.81. The summed E-state index contributed by atoms with van der Waals surface area (Å²) >= 11 is 0. The van der Waals surface area contributed by atoms with Gasteiger partial charge in [-0.05, 0) is 12.8 Å². The summed E-state index contributed by atoms with van der Waals surface area (Å²) in [6.45, 7) is 8.51. The third-order valence-corrected chi connectivity index (χ3v) is 3.21. The molecule has 1 atom stereocenters. The van der Waals surface area contributed by atoms with Crippen molar-refractivity contribution in [2.45, 2.75) is 91.9 Å². The van der Waals surface area contributed by atoms with Gasteiger partial charge in [-0.1, -0.05) is 79.1 Å². The minimum Gasteiger partial charge on any atom is -0.481 e. The molecule has 0 rings (SSSR count). The number of hydrogen-bond acceptors (Lipinski definition) is 1. The van der Waals surface area contributed by atoms with Gasteiger partial charge >= 0.3 is 5.97 Å². The second-order valence-electron chi connectivity index (χ2n) is 5.00. The van der Waals surface area contributed by atoms with E-state index in [4.69, 9.17) is 5.11 Å². The fraction of sp³-hybridized carbons (Fsp3) is 0.938. The SMILES string of the molecule is CCCCC(CC)C(=O)O.CCCCCCCC.[Nb]. The molecule has 0 aliphatic carbocycles. The van der Waals surface area contributed by atoms with Crippen LogP contribution in [0, 0.1) is 5.92 Å². The first-order valence-electron chi connectivity index (χ1n) is 7.86. The minimum atomic E-state index is -0.643. The second-order valence-corrected chi connectivity index (χ2v) is 5.00. The fourth-order valence-corrected chi connectivity index (χ4v) is 1.81. The Morgan fingerprint density at radius 3 is 1.53 bits per heavy atom. The van der Waals surface area contributed by atoms with Gasteiger partial charge in [-0.2, -0.15) is 0 Å². The maximum atomic E-state index is 10.4. The Kier molecular flexibility index (Phi) is 26.2. The number of carboxylic acid groups (broad SMARTS) is 1. The number of rotatable bonds is 10. The first-order valence-corrected chi connectivity index (χ1v) is 7.86. The zero-order valence-corrected chi connectivity index (χ0v) is 15.6. The van der Waals surface area contributed by atoms with E-state index >= 15 is 0 Å². The van der Waals surface area contributed by atoms with Crippen LogP contribution in [0.15, 0.2) is 0 Å². The molecule has 0 saturated carbocycles. The van der Waals surface area contributed by atoms with E-state index in [1.807, 2.05) is 6.92 Å². The molecular formula is C16H34NbO2. The molecule has 0 spiro atoms. The molecule has 19 heavy (non-hydrogen) atoms. The molecule has 0 heterocycles. The van der Waals surface area contributed by atoms with E-state index in [9.17, 15) is 4.79 Å². The Bertz CT molecular complexity index is 166. The molecule has 0 aliphatic rings. The van der Waals surface area contributed by atoms with Crippen LogP contribution >= 0.6 is 0 Å². The van der Waals surface area contributed by atoms with Gasteiger partial charge in [-0.25, -0.2) is 0 Å². The summed E-state index contributed by atoms with van der Waals surface area (Å²) in [5.74, 6) is -0.754. The van der Waals surface area contributed by atoms with Crippen molar-refractivity contribution in [2.24, 2.45) is 5.92 Å². The van der Waals surface area contributed by atoms with Crippen LogP contribution in [0.2, 0.25) is 0 Å². The number of hydrogen-bond donors (Lipinski definition) is 1. The van der Waals surface area contributed by atoms with E-state index in [-0.39, 0.29) is 28.3 Å². The molecule has 0 saturated heterocycles. The predicted molar refractivity (Wildman–Crippen MR) is 80.0 cm³/mol. The van der Waals surface area contributed by atoms with Crippen LogP contribution in [0.3, 0.4) is 0 Å². The van der Waals surface area contributed by atoms with Crippen molar-refractivity contribution in [2.75, 3.05) is 0 Å². The van der Waals surface area contributed by atoms with Crippen molar-refractivity contribution in [3.05, 3.63) is 0 Å². The van der Waals surface area contributed by atoms with Crippen molar-refractivity contribution in [3.8, 4) is 0 Å². The molecule has 1 N–H and O–H groups in total. The van der Waals surface area contributed by atoms with Gasteiger partial charge in [-0.15, -0.1) is 0 Å². The van der Waals surface area contributed by atoms with Gasteiger partial charge in [0.1, 0.15) is 0 Å². The van der Waals surface area contributed by atoms with Crippen LogP contribution in [0.25, 0.3) is 0 Å². The first-order chi connectivity index (χ1) is 8.63. The number of unbranched alkanes of at least 4 members (excludes halogenated alkanes) is 6. The van der Waals surface area contributed by atoms with Gasteiger partial charge in [0.15, 0.2) is 0 Å². The Labute approximate surface area is 136 Å². The largest absolute Gasteiger partial charge is 0.481 e. The molecule has 0 fully saturated rings. The Hall–Kier alpha value is 0.210. The molecule has 3 heteroatoms. The third kappa shape index (κ3) is 20.7. The standard InChI is InChI=1S/C8H16O2.C8H18.Nb/c1-3-5-6-7(4-2)8(9)10;1-3-5-7-8-6-4-2;/h7H,3-6H2,1-2H3,(H,9,10);3-8H2,1-2H3;. The maximum Gasteiger partial charge on any atom is 0.306 e. The van der Waals surface area contributed by atoms with E-state index in [1.54, 1.807) is 0 Å². The summed E-state index contributed by atoms with van der Waals surface area (Å²) in [6, 6.07) is 0. The molecule has 0 aromatic heterocycles. The minimum absolute atomic E-state index is 0. The maximum absolute atomic E-state index is 10.4. The van der Waals surface area contributed by atoms with Gasteiger partial charge in [0.2, 0.25) is 0 Å². The predicted octanol–water partition coefficient (Wildman–Crippen LogP) is 5.65. The Morgan fingerprint density at radius 1 is 0.842 bits per heavy atom. The van der Waals surface area contributed by atoms with Gasteiger partial charge in [0, 0.05) is 22.4 Å². The monoisotopic (exact) mass is 351 g/mol. The van der Waals surface area contributed by atoms with Gasteiger partial charge in [0.05, 0.1) is 5.92 Å². The molecule has 1 radical (unpaired) electrons. The zero-order chi connectivity index (χ0) is 14.2. The Morgan fingerprint density at radius 2 is 1.26 bits per heavy atom. The number of aliphatic carboxylic acids is 1. The molecule has 0 aromatic carbocycles. The average molecular weight is 351 g/mol. The summed E-state index contributed by atoms with van der Waals surface area (Å²) < 4.78 is 0. The van der Waals surface area contributed by atoms with Crippen molar-refractivity contribution >= 4 is 5.97 Å². The zero-order valence-electron chi connectivity index (χ0n) is 13.5. The summed E-state index contributed by atoms with van der Waals surface area (Å²) in [4.78, 5) is 10.4. The van der Waals surface area contributed by atoms with E-state index in [0.29, 0.717) is 0 Å². The van der Waals surface area contributed by atoms with Crippen LogP contribution in [0.5, 0.6) is 0 Å². The molecule has 115 valence electrons. The van der Waals surface area contributed by atoms with Crippen LogP contribution in [-0.2, 0) is 27.2 Å². The normalized spacial score (nSPS) is 10.9. The molecule has 0 aromatic rings. The van der Waals surface area contributed by atoms with Crippen LogP contribution < -0.4 is 0 Å². The van der Waals surface area contributed by atoms with Crippen molar-refractivity contribution < 1.29 is 32.3 Å². The van der Waals surface area contributed by atoms with E-state index in [2.05, 4.69) is 20.8 Å². The Balaban J connectivity index is -0.000000262. The third-order valence-electron chi connectivity index (χ3n) is 3.21. The summed E-state index contributed by atoms with van der Waals surface area (Å²) in [5.41, 5.74) is 0. The summed E-state index contributed by atoms with van der Waals surface area (Å²) in [6.07, 6.45) is 12.2. The van der Waals surface area contributed by atoms with E-state index in [1.165, 1.54) is 38.5 Å². The molecule has 0 aliphatic heterocycles. The topological polar surface area (TPSA) is 37.3 Å². The number of carbonyl (C=O) groups is 1. The van der Waals surface area contributed by atoms with Crippen LogP contribution in [-0.4, -0.2) is 11.1 Å². The van der Waals surface area contributed by atoms with Gasteiger partial charge in [-0.3, -0.25) is 4.79 Å². The van der Waals surface area contributed by atoms with Gasteiger partial charge in [0.25, 0.3) is 0 Å². The molecule has 2 nitrogen and oxygen atoms in total. The summed E-state index contributed by atoms with van der Waals surface area (Å²) in [5, 5.41) is 8.60. The van der Waals surface area contributed by atoms with Crippen LogP contribution in [0.1, 0.15) is 91.9 Å². The van der Waals surface area contributed by atoms with Crippen molar-refractivity contribution in [1.29, 1.82) is 0 Å². The average Bonchev–Trinajstić information content (AvgIpc) is 2.36. The molecule has 0 amide bonds. The first kappa shape index (κ1) is 24.2. The summed E-state index contributed by atoms with van der Waals surface area (Å²) in [7, 11) is 0. The van der Waals surface area contributed by atoms with E-state index < -0.39 is 5.97 Å². The molecule has 0 bridgehead atoms. The smallest absolute Gasteiger partial charge is 0.306 e. The molecule has 1 unspecified atom stereocenters. The van der Waals surface area contributed by atoms with Gasteiger partial charge < -0.3 is 5.11 Å². The number of carboxylic acids is 1. The quantitative estimate of drug-likeness (QED) is 0.408. The van der Waals surface area contributed by atoms with E-state index in [0.717, 1.165) is 25.7 Å². The van der Waals surface area contributed by atoms with Crippen LogP contribution in [0.4, 0.5) is 0 Å². The molecular weight excluding hydrogens is 317 g/mol. The van der Waals surface area contributed by atoms with Crippen molar-refractivity contribution in [3.63, 3.8) is 0 Å².